The normalized spacial score (nSPS) is 13.5. The summed E-state index contributed by atoms with van der Waals surface area (Å²) in [5.74, 6) is 0.315. The van der Waals surface area contributed by atoms with E-state index in [9.17, 15) is 0 Å². The lowest BCUT2D eigenvalue weighted by Crippen LogP contribution is -2.28. The molecule has 0 spiro atoms. The highest BCUT2D eigenvalue weighted by atomic mass is 14.9. The zero-order valence-electron chi connectivity index (χ0n) is 6.47. The first-order chi connectivity index (χ1) is 4.63. The lowest BCUT2D eigenvalue weighted by molar-refractivity contribution is 1.39. The minimum Gasteiger partial charge on any atom is -0.382 e. The molecule has 0 rings (SSSR count). The van der Waals surface area contributed by atoms with Gasteiger partial charge < -0.3 is 11.1 Å². The molecule has 56 valence electrons. The molecule has 0 amide bonds. The van der Waals surface area contributed by atoms with Crippen molar-refractivity contribution in [3.05, 3.63) is 0 Å². The highest BCUT2D eigenvalue weighted by Gasteiger charge is 2.03. The molecule has 0 aromatic rings. The molecule has 0 heterocycles. The Kier molecular flexibility index (Phi) is 3.32. The highest BCUT2D eigenvalue weighted by Crippen LogP contribution is 1.80. The van der Waals surface area contributed by atoms with Crippen LogP contribution < -0.4 is 5.73 Å². The van der Waals surface area contributed by atoms with E-state index in [2.05, 4.69) is 9.98 Å². The summed E-state index contributed by atoms with van der Waals surface area (Å²) in [6, 6.07) is 0. The van der Waals surface area contributed by atoms with Crippen molar-refractivity contribution in [2.75, 3.05) is 14.1 Å². The van der Waals surface area contributed by atoms with Gasteiger partial charge >= 0.3 is 0 Å². The van der Waals surface area contributed by atoms with Crippen LogP contribution in [0.1, 0.15) is 6.92 Å². The van der Waals surface area contributed by atoms with E-state index in [1.165, 1.54) is 0 Å². The first-order valence-electron chi connectivity index (χ1n) is 2.88. The SMILES string of the molecule is C/N=C(C(C)=N)\C(N)=N/C. The monoisotopic (exact) mass is 140 g/mol. The average Bonchev–Trinajstić information content (AvgIpc) is 1.88. The van der Waals surface area contributed by atoms with Gasteiger partial charge in [-0.05, 0) is 6.92 Å². The Balaban J connectivity index is 4.56. The standard InChI is InChI=1S/C6H12N4/c1-4(7)5(9-2)6(8)10-3/h7H,1-3H3,(H2,8,10)/b7-4?,9-5-. The number of hydrogen-bond donors (Lipinski definition) is 2. The van der Waals surface area contributed by atoms with Gasteiger partial charge in [0, 0.05) is 14.1 Å². The van der Waals surface area contributed by atoms with Crippen molar-refractivity contribution in [3.8, 4) is 0 Å². The van der Waals surface area contributed by atoms with E-state index in [0.717, 1.165) is 0 Å². The van der Waals surface area contributed by atoms with Crippen LogP contribution in [0.25, 0.3) is 0 Å². The lowest BCUT2D eigenvalue weighted by Gasteiger charge is -1.99. The van der Waals surface area contributed by atoms with Crippen LogP contribution in [0.4, 0.5) is 0 Å². The second kappa shape index (κ2) is 3.76. The highest BCUT2D eigenvalue weighted by molar-refractivity contribution is 6.66. The smallest absolute Gasteiger partial charge is 0.145 e. The van der Waals surface area contributed by atoms with Gasteiger partial charge in [0.2, 0.25) is 0 Å². The van der Waals surface area contributed by atoms with Crippen LogP contribution in [0.5, 0.6) is 0 Å². The fourth-order valence-electron chi connectivity index (χ4n) is 0.580. The number of rotatable bonds is 2. The summed E-state index contributed by atoms with van der Waals surface area (Å²) in [6.45, 7) is 1.63. The van der Waals surface area contributed by atoms with Crippen molar-refractivity contribution < 1.29 is 0 Å². The largest absolute Gasteiger partial charge is 0.382 e. The van der Waals surface area contributed by atoms with Gasteiger partial charge in [-0.3, -0.25) is 9.98 Å². The van der Waals surface area contributed by atoms with Crippen molar-refractivity contribution in [1.29, 1.82) is 5.41 Å². The molecule has 0 aromatic carbocycles. The Labute approximate surface area is 60.4 Å². The van der Waals surface area contributed by atoms with Crippen molar-refractivity contribution in [2.45, 2.75) is 6.92 Å². The molecule has 0 aliphatic rings. The number of nitrogens with zero attached hydrogens (tertiary/aromatic N) is 2. The maximum Gasteiger partial charge on any atom is 0.145 e. The molecule has 4 heteroatoms. The predicted molar refractivity (Wildman–Crippen MR) is 44.3 cm³/mol. The summed E-state index contributed by atoms with van der Waals surface area (Å²) in [7, 11) is 3.16. The maximum absolute atomic E-state index is 7.19. The Morgan fingerprint density at radius 1 is 1.30 bits per heavy atom. The molecule has 0 bridgehead atoms. The van der Waals surface area contributed by atoms with Crippen LogP contribution in [0.3, 0.4) is 0 Å². The molecule has 0 aromatic heterocycles. The van der Waals surface area contributed by atoms with Crippen LogP contribution in [0, 0.1) is 5.41 Å². The minimum atomic E-state index is 0.315. The molecule has 0 radical (unpaired) electrons. The van der Waals surface area contributed by atoms with E-state index >= 15 is 0 Å². The second-order valence-electron chi connectivity index (χ2n) is 1.81. The van der Waals surface area contributed by atoms with Gasteiger partial charge in [0.1, 0.15) is 11.5 Å². The number of aliphatic imine (C=N–C) groups is 2. The van der Waals surface area contributed by atoms with E-state index in [1.807, 2.05) is 0 Å². The molecular weight excluding hydrogens is 128 g/mol. The molecule has 0 atom stereocenters. The molecule has 0 aliphatic carbocycles. The Bertz CT molecular complexity index is 190. The van der Waals surface area contributed by atoms with Crippen molar-refractivity contribution in [2.24, 2.45) is 15.7 Å². The summed E-state index contributed by atoms with van der Waals surface area (Å²) in [5, 5.41) is 7.19. The summed E-state index contributed by atoms with van der Waals surface area (Å²) < 4.78 is 0. The van der Waals surface area contributed by atoms with Gasteiger partial charge in [-0.15, -0.1) is 0 Å². The zero-order valence-corrected chi connectivity index (χ0v) is 6.47. The van der Waals surface area contributed by atoms with Crippen LogP contribution >= 0.6 is 0 Å². The summed E-state index contributed by atoms with van der Waals surface area (Å²) in [5.41, 5.74) is 6.21. The van der Waals surface area contributed by atoms with E-state index in [4.69, 9.17) is 11.1 Å². The molecule has 0 aliphatic heterocycles. The first kappa shape index (κ1) is 8.81. The summed E-state index contributed by atoms with van der Waals surface area (Å²) in [4.78, 5) is 7.50. The quantitative estimate of drug-likeness (QED) is 0.414. The van der Waals surface area contributed by atoms with Gasteiger partial charge in [-0.25, -0.2) is 0 Å². The fourth-order valence-corrected chi connectivity index (χ4v) is 0.580. The van der Waals surface area contributed by atoms with E-state index in [0.29, 0.717) is 17.3 Å². The maximum atomic E-state index is 7.19. The molecule has 4 nitrogen and oxygen atoms in total. The molecule has 0 fully saturated rings. The van der Waals surface area contributed by atoms with Crippen LogP contribution in [-0.4, -0.2) is 31.4 Å². The molecule has 0 saturated carbocycles. The number of nitrogens with one attached hydrogen (secondary N) is 1. The zero-order chi connectivity index (χ0) is 8.15. The molecular formula is C6H12N4. The van der Waals surface area contributed by atoms with E-state index < -0.39 is 0 Å². The molecule has 3 N–H and O–H groups in total. The van der Waals surface area contributed by atoms with Crippen molar-refractivity contribution in [1.82, 2.24) is 0 Å². The van der Waals surface area contributed by atoms with Crippen LogP contribution in [0.2, 0.25) is 0 Å². The number of nitrogens with two attached hydrogens (primary N) is 1. The third kappa shape index (κ3) is 1.97. The predicted octanol–water partition coefficient (Wildman–Crippen LogP) is 0.0839. The van der Waals surface area contributed by atoms with Crippen molar-refractivity contribution in [3.63, 3.8) is 0 Å². The van der Waals surface area contributed by atoms with Gasteiger partial charge in [0.15, 0.2) is 0 Å². The van der Waals surface area contributed by atoms with Gasteiger partial charge in [-0.2, -0.15) is 0 Å². The minimum absolute atomic E-state index is 0.315. The Morgan fingerprint density at radius 2 is 1.80 bits per heavy atom. The summed E-state index contributed by atoms with van der Waals surface area (Å²) in [6.07, 6.45) is 0. The third-order valence-electron chi connectivity index (χ3n) is 1.06. The summed E-state index contributed by atoms with van der Waals surface area (Å²) >= 11 is 0. The van der Waals surface area contributed by atoms with Gasteiger partial charge in [0.25, 0.3) is 0 Å². The average molecular weight is 140 g/mol. The number of amidine groups is 1. The van der Waals surface area contributed by atoms with Crippen LogP contribution in [-0.2, 0) is 0 Å². The van der Waals surface area contributed by atoms with Crippen LogP contribution in [0.15, 0.2) is 9.98 Å². The molecule has 0 unspecified atom stereocenters. The van der Waals surface area contributed by atoms with E-state index in [-0.39, 0.29) is 0 Å². The van der Waals surface area contributed by atoms with E-state index in [1.54, 1.807) is 21.0 Å². The molecule has 10 heavy (non-hydrogen) atoms. The first-order valence-corrected chi connectivity index (χ1v) is 2.88. The number of hydrogen-bond acceptors (Lipinski definition) is 3. The Morgan fingerprint density at radius 3 is 1.90 bits per heavy atom. The molecule has 0 saturated heterocycles. The topological polar surface area (TPSA) is 74.6 Å². The Hall–Kier alpha value is -1.19. The fraction of sp³-hybridized carbons (Fsp3) is 0.500. The second-order valence-corrected chi connectivity index (χ2v) is 1.81. The van der Waals surface area contributed by atoms with Gasteiger partial charge in [0.05, 0.1) is 5.71 Å². The lowest BCUT2D eigenvalue weighted by atomic mass is 10.2. The van der Waals surface area contributed by atoms with Crippen molar-refractivity contribution >= 4 is 17.3 Å². The van der Waals surface area contributed by atoms with Gasteiger partial charge in [-0.1, -0.05) is 0 Å². The third-order valence-corrected chi connectivity index (χ3v) is 1.06.